The minimum absolute atomic E-state index is 0.183. The maximum Gasteiger partial charge on any atom is 0.129 e. The maximum atomic E-state index is 10.4. The highest BCUT2D eigenvalue weighted by Crippen LogP contribution is 1.86. The zero-order valence-electron chi connectivity index (χ0n) is 6.00. The number of Topliss-reactive ketones (excluding diaryl/α,β-unsaturated/α-hetero) is 1. The number of nitrogens with zero attached hydrogens (tertiary/aromatic N) is 1. The molecule has 0 saturated heterocycles. The lowest BCUT2D eigenvalue weighted by atomic mass is 10.2. The Morgan fingerprint density at radius 1 is 1.80 bits per heavy atom. The third-order valence-corrected chi connectivity index (χ3v) is 0.999. The van der Waals surface area contributed by atoms with Crippen molar-refractivity contribution in [1.82, 2.24) is 5.32 Å². The number of hydrogen-bond donors (Lipinski definition) is 2. The molecule has 0 rings (SSSR count). The number of carbonyl (C=O) groups excluding carboxylic acids is 1. The van der Waals surface area contributed by atoms with Gasteiger partial charge in [0.15, 0.2) is 0 Å². The molecular weight excluding hydrogens is 132 g/mol. The first-order valence-electron chi connectivity index (χ1n) is 3.16. The summed E-state index contributed by atoms with van der Waals surface area (Å²) in [4.78, 5) is 10.4. The molecule has 0 aliphatic carbocycles. The van der Waals surface area contributed by atoms with Crippen molar-refractivity contribution < 1.29 is 10.0 Å². The van der Waals surface area contributed by atoms with Crippen LogP contribution in [0, 0.1) is 0 Å². The van der Waals surface area contributed by atoms with Crippen molar-refractivity contribution in [3.05, 3.63) is 0 Å². The average Bonchev–Trinajstić information content (AvgIpc) is 1.87. The molecule has 0 heterocycles. The molecule has 0 fully saturated rings. The molecule has 0 aromatic carbocycles. The minimum atomic E-state index is 0.183. The van der Waals surface area contributed by atoms with E-state index in [9.17, 15) is 4.79 Å². The zero-order valence-corrected chi connectivity index (χ0v) is 6.00. The highest BCUT2D eigenvalue weighted by atomic mass is 16.4. The Morgan fingerprint density at radius 3 is 3.00 bits per heavy atom. The van der Waals surface area contributed by atoms with Crippen LogP contribution in [0.25, 0.3) is 0 Å². The van der Waals surface area contributed by atoms with Crippen molar-refractivity contribution in [1.29, 1.82) is 0 Å². The van der Waals surface area contributed by atoms with Crippen molar-refractivity contribution in [2.45, 2.75) is 19.8 Å². The van der Waals surface area contributed by atoms with Gasteiger partial charge in [-0.15, -0.1) is 0 Å². The molecule has 4 nitrogen and oxygen atoms in total. The largest absolute Gasteiger partial charge is 0.410 e. The molecule has 0 atom stereocenters. The molecule has 4 heteroatoms. The normalized spacial score (nSPS) is 10.1. The van der Waals surface area contributed by atoms with Gasteiger partial charge < -0.3 is 15.3 Å². The van der Waals surface area contributed by atoms with Gasteiger partial charge in [0, 0.05) is 13.0 Å². The van der Waals surface area contributed by atoms with E-state index >= 15 is 0 Å². The highest BCUT2D eigenvalue weighted by Gasteiger charge is 1.90. The minimum Gasteiger partial charge on any atom is -0.410 e. The van der Waals surface area contributed by atoms with E-state index in [1.165, 1.54) is 6.34 Å². The number of nitrogens with one attached hydrogen (secondary N) is 1. The summed E-state index contributed by atoms with van der Waals surface area (Å²) in [6, 6.07) is 0. The van der Waals surface area contributed by atoms with Crippen molar-refractivity contribution in [2.24, 2.45) is 5.16 Å². The van der Waals surface area contributed by atoms with Crippen LogP contribution in [0.15, 0.2) is 5.16 Å². The molecule has 2 N–H and O–H groups in total. The fraction of sp³-hybridized carbons (Fsp3) is 0.667. The summed E-state index contributed by atoms with van der Waals surface area (Å²) in [7, 11) is 0. The van der Waals surface area contributed by atoms with E-state index in [2.05, 4.69) is 10.5 Å². The maximum absolute atomic E-state index is 10.4. The smallest absolute Gasteiger partial charge is 0.129 e. The fourth-order valence-corrected chi connectivity index (χ4v) is 0.545. The van der Waals surface area contributed by atoms with Crippen LogP contribution in [0.5, 0.6) is 0 Å². The molecule has 0 spiro atoms. The summed E-state index contributed by atoms with van der Waals surface area (Å²) in [5, 5.41) is 13.3. The lowest BCUT2D eigenvalue weighted by Crippen LogP contribution is -2.13. The van der Waals surface area contributed by atoms with Crippen LogP contribution in [0.2, 0.25) is 0 Å². The van der Waals surface area contributed by atoms with E-state index in [0.29, 0.717) is 13.0 Å². The van der Waals surface area contributed by atoms with Crippen molar-refractivity contribution in [3.8, 4) is 0 Å². The number of carbonyl (C=O) groups is 1. The van der Waals surface area contributed by atoms with E-state index in [0.717, 1.165) is 6.42 Å². The zero-order chi connectivity index (χ0) is 7.82. The molecule has 0 aliphatic rings. The second-order valence-electron chi connectivity index (χ2n) is 2.00. The summed E-state index contributed by atoms with van der Waals surface area (Å²) >= 11 is 0. The first-order chi connectivity index (χ1) is 4.77. The average molecular weight is 144 g/mol. The SMILES string of the molecule is CC(=O)CCCNC=NO. The third-order valence-electron chi connectivity index (χ3n) is 0.999. The molecule has 0 unspecified atom stereocenters. The second kappa shape index (κ2) is 6.07. The highest BCUT2D eigenvalue weighted by molar-refractivity contribution is 5.75. The quantitative estimate of drug-likeness (QED) is 0.192. The standard InChI is InChI=1S/C6H12N2O2/c1-6(9)3-2-4-7-5-8-10/h5,10H,2-4H2,1H3,(H,7,8). The topological polar surface area (TPSA) is 61.7 Å². The van der Waals surface area contributed by atoms with Gasteiger partial charge in [-0.1, -0.05) is 5.16 Å². The van der Waals surface area contributed by atoms with Crippen molar-refractivity contribution >= 4 is 12.1 Å². The van der Waals surface area contributed by atoms with Crippen LogP contribution in [0.1, 0.15) is 19.8 Å². The Hall–Kier alpha value is -1.06. The first-order valence-corrected chi connectivity index (χ1v) is 3.16. The Kier molecular flexibility index (Phi) is 5.42. The van der Waals surface area contributed by atoms with Crippen LogP contribution in [-0.4, -0.2) is 23.9 Å². The summed E-state index contributed by atoms with van der Waals surface area (Å²) in [5.74, 6) is 0.183. The predicted octanol–water partition coefficient (Wildman–Crippen LogP) is 0.363. The first kappa shape index (κ1) is 8.94. The number of hydrogen-bond acceptors (Lipinski definition) is 3. The van der Waals surface area contributed by atoms with Gasteiger partial charge >= 0.3 is 0 Å². The Bertz CT molecular complexity index is 123. The number of ketones is 1. The Labute approximate surface area is 59.9 Å². The van der Waals surface area contributed by atoms with Crippen LogP contribution >= 0.6 is 0 Å². The van der Waals surface area contributed by atoms with Crippen molar-refractivity contribution in [3.63, 3.8) is 0 Å². The molecule has 0 aromatic rings. The van der Waals surface area contributed by atoms with Gasteiger partial charge in [0.05, 0.1) is 0 Å². The van der Waals surface area contributed by atoms with Gasteiger partial charge in [0.1, 0.15) is 12.1 Å². The van der Waals surface area contributed by atoms with E-state index in [1.807, 2.05) is 0 Å². The van der Waals surface area contributed by atoms with E-state index in [1.54, 1.807) is 6.92 Å². The number of rotatable bonds is 5. The Balaban J connectivity index is 2.98. The molecule has 0 saturated carbocycles. The Morgan fingerprint density at radius 2 is 2.50 bits per heavy atom. The molecule has 0 bridgehead atoms. The summed E-state index contributed by atoms with van der Waals surface area (Å²) in [6.45, 7) is 2.23. The molecular formula is C6H12N2O2. The van der Waals surface area contributed by atoms with Gasteiger partial charge in [-0.2, -0.15) is 0 Å². The van der Waals surface area contributed by atoms with Crippen molar-refractivity contribution in [2.75, 3.05) is 6.54 Å². The van der Waals surface area contributed by atoms with Crippen LogP contribution in [0.4, 0.5) is 0 Å². The molecule has 58 valence electrons. The molecule has 10 heavy (non-hydrogen) atoms. The van der Waals surface area contributed by atoms with Crippen LogP contribution in [-0.2, 0) is 4.79 Å². The molecule has 0 amide bonds. The van der Waals surface area contributed by atoms with E-state index in [-0.39, 0.29) is 5.78 Å². The fourth-order valence-electron chi connectivity index (χ4n) is 0.545. The van der Waals surface area contributed by atoms with Gasteiger partial charge in [-0.05, 0) is 13.3 Å². The van der Waals surface area contributed by atoms with Crippen LogP contribution in [0.3, 0.4) is 0 Å². The molecule has 0 aliphatic heterocycles. The number of oxime groups is 1. The van der Waals surface area contributed by atoms with Gasteiger partial charge in [-0.3, -0.25) is 0 Å². The second-order valence-corrected chi connectivity index (χ2v) is 2.00. The lowest BCUT2D eigenvalue weighted by molar-refractivity contribution is -0.117. The van der Waals surface area contributed by atoms with E-state index in [4.69, 9.17) is 5.21 Å². The van der Waals surface area contributed by atoms with Gasteiger partial charge in [0.2, 0.25) is 0 Å². The van der Waals surface area contributed by atoms with Gasteiger partial charge in [0.25, 0.3) is 0 Å². The molecule has 0 radical (unpaired) electrons. The van der Waals surface area contributed by atoms with Gasteiger partial charge in [-0.25, -0.2) is 0 Å². The lowest BCUT2D eigenvalue weighted by Gasteiger charge is -1.95. The predicted molar refractivity (Wildman–Crippen MR) is 38.2 cm³/mol. The van der Waals surface area contributed by atoms with Crippen LogP contribution < -0.4 is 5.32 Å². The third kappa shape index (κ3) is 6.94. The summed E-state index contributed by atoms with van der Waals surface area (Å²) < 4.78 is 0. The monoisotopic (exact) mass is 144 g/mol. The summed E-state index contributed by atoms with van der Waals surface area (Å²) in [5.41, 5.74) is 0. The van der Waals surface area contributed by atoms with E-state index < -0.39 is 0 Å². The molecule has 0 aromatic heterocycles. The summed E-state index contributed by atoms with van der Waals surface area (Å²) in [6.07, 6.45) is 2.55.